The van der Waals surface area contributed by atoms with Gasteiger partial charge in [-0.25, -0.2) is 14.1 Å². The van der Waals surface area contributed by atoms with Crippen molar-refractivity contribution in [1.82, 2.24) is 14.8 Å². The monoisotopic (exact) mass is 283 g/mol. The lowest BCUT2D eigenvalue weighted by Crippen LogP contribution is -2.14. The molecule has 2 aromatic rings. The number of alkyl halides is 1. The zero-order valence-corrected chi connectivity index (χ0v) is 9.63. The summed E-state index contributed by atoms with van der Waals surface area (Å²) in [6.07, 6.45) is 2.77. The number of benzene rings is 1. The number of hydrogen-bond acceptors (Lipinski definition) is 3. The number of hydrogen-bond donors (Lipinski definition) is 0. The van der Waals surface area contributed by atoms with E-state index in [2.05, 4.69) is 26.0 Å². The number of halogens is 2. The highest BCUT2D eigenvalue weighted by Crippen LogP contribution is 2.19. The maximum absolute atomic E-state index is 12.7. The molecule has 82 valence electrons. The van der Waals surface area contributed by atoms with Crippen molar-refractivity contribution < 1.29 is 9.18 Å². The van der Waals surface area contributed by atoms with E-state index in [4.69, 9.17) is 0 Å². The van der Waals surface area contributed by atoms with Gasteiger partial charge in [0, 0.05) is 5.56 Å². The largest absolute Gasteiger partial charge is 0.291 e. The molecule has 0 saturated carbocycles. The van der Waals surface area contributed by atoms with Gasteiger partial charge in [0.15, 0.2) is 10.7 Å². The standard InChI is InChI=1S/C10H7BrFN3O/c11-10(15-6-13-5-14-15)9(16)7-1-3-8(12)4-2-7/h1-6,10H. The van der Waals surface area contributed by atoms with Gasteiger partial charge in [0.05, 0.1) is 0 Å². The fraction of sp³-hybridized carbons (Fsp3) is 0.100. The van der Waals surface area contributed by atoms with E-state index in [9.17, 15) is 9.18 Å². The van der Waals surface area contributed by atoms with E-state index < -0.39 is 4.95 Å². The molecule has 1 unspecified atom stereocenters. The predicted octanol–water partition coefficient (Wildman–Crippen LogP) is 2.19. The number of nitrogens with zero attached hydrogens (tertiary/aromatic N) is 3. The van der Waals surface area contributed by atoms with Crippen LogP contribution in [0.2, 0.25) is 0 Å². The summed E-state index contributed by atoms with van der Waals surface area (Å²) in [6, 6.07) is 5.36. The molecule has 16 heavy (non-hydrogen) atoms. The third kappa shape index (κ3) is 2.16. The van der Waals surface area contributed by atoms with Gasteiger partial charge in [-0.15, -0.1) is 0 Å². The number of carbonyl (C=O) groups is 1. The Morgan fingerprint density at radius 1 is 1.38 bits per heavy atom. The third-order valence-electron chi connectivity index (χ3n) is 2.01. The van der Waals surface area contributed by atoms with Crippen molar-refractivity contribution in [3.8, 4) is 0 Å². The van der Waals surface area contributed by atoms with Crippen LogP contribution in [-0.2, 0) is 0 Å². The highest BCUT2D eigenvalue weighted by atomic mass is 79.9. The molecule has 0 saturated heterocycles. The summed E-state index contributed by atoms with van der Waals surface area (Å²) in [7, 11) is 0. The Labute approximate surface area is 99.2 Å². The highest BCUT2D eigenvalue weighted by Gasteiger charge is 2.18. The van der Waals surface area contributed by atoms with Gasteiger partial charge in [-0.2, -0.15) is 5.10 Å². The summed E-state index contributed by atoms with van der Waals surface area (Å²) in [4.78, 5) is 15.0. The summed E-state index contributed by atoms with van der Waals surface area (Å²) in [6.45, 7) is 0. The first-order valence-corrected chi connectivity index (χ1v) is 5.38. The second-order valence-electron chi connectivity index (χ2n) is 3.08. The van der Waals surface area contributed by atoms with E-state index in [-0.39, 0.29) is 11.6 Å². The van der Waals surface area contributed by atoms with Crippen molar-refractivity contribution in [2.24, 2.45) is 0 Å². The molecular formula is C10H7BrFN3O. The van der Waals surface area contributed by atoms with Crippen LogP contribution in [0.1, 0.15) is 15.3 Å². The quantitative estimate of drug-likeness (QED) is 0.641. The molecule has 2 rings (SSSR count). The van der Waals surface area contributed by atoms with Crippen molar-refractivity contribution in [2.75, 3.05) is 0 Å². The van der Waals surface area contributed by atoms with Gasteiger partial charge in [0.25, 0.3) is 0 Å². The van der Waals surface area contributed by atoms with Gasteiger partial charge >= 0.3 is 0 Å². The fourth-order valence-electron chi connectivity index (χ4n) is 1.21. The number of aromatic nitrogens is 3. The van der Waals surface area contributed by atoms with Crippen molar-refractivity contribution >= 4 is 21.7 Å². The molecule has 0 fully saturated rings. The SMILES string of the molecule is O=C(c1ccc(F)cc1)C(Br)n1cncn1. The van der Waals surface area contributed by atoms with E-state index in [1.54, 1.807) is 0 Å². The molecule has 6 heteroatoms. The van der Waals surface area contributed by atoms with Gasteiger partial charge in [-0.1, -0.05) is 15.9 Å². The molecular weight excluding hydrogens is 277 g/mol. The van der Waals surface area contributed by atoms with Crippen molar-refractivity contribution in [1.29, 1.82) is 0 Å². The topological polar surface area (TPSA) is 47.8 Å². The molecule has 0 radical (unpaired) electrons. The Morgan fingerprint density at radius 3 is 2.62 bits per heavy atom. The Hall–Kier alpha value is -1.56. The molecule has 0 N–H and O–H groups in total. The summed E-state index contributed by atoms with van der Waals surface area (Å²) in [5.74, 6) is -0.575. The van der Waals surface area contributed by atoms with Gasteiger partial charge < -0.3 is 0 Å². The zero-order chi connectivity index (χ0) is 11.5. The van der Waals surface area contributed by atoms with Crippen molar-refractivity contribution in [3.63, 3.8) is 0 Å². The minimum absolute atomic E-state index is 0.203. The van der Waals surface area contributed by atoms with Crippen LogP contribution in [-0.4, -0.2) is 20.5 Å². The lowest BCUT2D eigenvalue weighted by Gasteiger charge is -2.08. The minimum Gasteiger partial charge on any atom is -0.291 e. The average molecular weight is 284 g/mol. The first-order chi connectivity index (χ1) is 7.68. The molecule has 0 aliphatic carbocycles. The molecule has 1 aromatic heterocycles. The van der Waals surface area contributed by atoms with Gasteiger partial charge in [0.1, 0.15) is 18.5 Å². The average Bonchev–Trinajstić information content (AvgIpc) is 2.81. The van der Waals surface area contributed by atoms with Gasteiger partial charge in [-0.05, 0) is 24.3 Å². The van der Waals surface area contributed by atoms with Crippen LogP contribution < -0.4 is 0 Å². The van der Waals surface area contributed by atoms with Gasteiger partial charge in [0.2, 0.25) is 0 Å². The van der Waals surface area contributed by atoms with Crippen LogP contribution in [0.3, 0.4) is 0 Å². The molecule has 1 atom stereocenters. The molecule has 0 aliphatic rings. The van der Waals surface area contributed by atoms with Crippen LogP contribution in [0.15, 0.2) is 36.9 Å². The number of carbonyl (C=O) groups excluding carboxylic acids is 1. The van der Waals surface area contributed by atoms with Crippen LogP contribution in [0.25, 0.3) is 0 Å². The number of ketones is 1. The maximum atomic E-state index is 12.7. The van der Waals surface area contributed by atoms with Gasteiger partial charge in [-0.3, -0.25) is 4.79 Å². The lowest BCUT2D eigenvalue weighted by atomic mass is 10.1. The van der Waals surface area contributed by atoms with Crippen molar-refractivity contribution in [3.05, 3.63) is 48.3 Å². The lowest BCUT2D eigenvalue weighted by molar-refractivity contribution is 0.0965. The molecule has 4 nitrogen and oxygen atoms in total. The normalized spacial score (nSPS) is 12.4. The predicted molar refractivity (Wildman–Crippen MR) is 58.7 cm³/mol. The van der Waals surface area contributed by atoms with Crippen LogP contribution in [0.4, 0.5) is 4.39 Å². The van der Waals surface area contributed by atoms with E-state index in [0.29, 0.717) is 5.56 Å². The Bertz CT molecular complexity index is 483. The summed E-state index contributed by atoms with van der Waals surface area (Å²) < 4.78 is 14.1. The Kier molecular flexibility index (Phi) is 3.09. The number of Topliss-reactive ketones (excluding diaryl/α,β-unsaturated/α-hetero) is 1. The fourth-order valence-corrected chi connectivity index (χ4v) is 1.68. The van der Waals surface area contributed by atoms with E-state index in [1.807, 2.05) is 0 Å². The van der Waals surface area contributed by atoms with Crippen molar-refractivity contribution in [2.45, 2.75) is 4.95 Å². The molecule has 1 heterocycles. The van der Waals surface area contributed by atoms with E-state index in [0.717, 1.165) is 0 Å². The highest BCUT2D eigenvalue weighted by molar-refractivity contribution is 9.09. The molecule has 0 bridgehead atoms. The first-order valence-electron chi connectivity index (χ1n) is 4.46. The number of rotatable bonds is 3. The Balaban J connectivity index is 2.22. The third-order valence-corrected chi connectivity index (χ3v) is 2.85. The second-order valence-corrected chi connectivity index (χ2v) is 3.95. The molecule has 1 aromatic carbocycles. The molecule has 0 spiro atoms. The van der Waals surface area contributed by atoms with E-state index in [1.165, 1.54) is 41.6 Å². The van der Waals surface area contributed by atoms with E-state index >= 15 is 0 Å². The maximum Gasteiger partial charge on any atom is 0.198 e. The van der Waals surface area contributed by atoms with Crippen LogP contribution in [0.5, 0.6) is 0 Å². The van der Waals surface area contributed by atoms with Crippen LogP contribution in [0, 0.1) is 5.82 Å². The second kappa shape index (κ2) is 4.52. The van der Waals surface area contributed by atoms with Crippen LogP contribution >= 0.6 is 15.9 Å². The molecule has 0 aliphatic heterocycles. The first kappa shape index (κ1) is 10.9. The summed E-state index contributed by atoms with van der Waals surface area (Å²) in [5, 5.41) is 3.84. The Morgan fingerprint density at radius 2 is 2.06 bits per heavy atom. The summed E-state index contributed by atoms with van der Waals surface area (Å²) in [5.41, 5.74) is 0.416. The zero-order valence-electron chi connectivity index (χ0n) is 8.05. The molecule has 0 amide bonds. The minimum atomic E-state index is -0.625. The summed E-state index contributed by atoms with van der Waals surface area (Å²) >= 11 is 3.20. The smallest absolute Gasteiger partial charge is 0.198 e.